The van der Waals surface area contributed by atoms with Crippen LogP contribution >= 0.6 is 11.3 Å². The second-order valence-corrected chi connectivity index (χ2v) is 6.09. The van der Waals surface area contributed by atoms with Gasteiger partial charge in [-0.2, -0.15) is 0 Å². The molecule has 0 aliphatic carbocycles. The van der Waals surface area contributed by atoms with Gasteiger partial charge >= 0.3 is 0 Å². The lowest BCUT2D eigenvalue weighted by Gasteiger charge is -2.06. The van der Waals surface area contributed by atoms with Crippen LogP contribution in [-0.4, -0.2) is 24.6 Å². The van der Waals surface area contributed by atoms with E-state index in [0.717, 1.165) is 23.6 Å². The summed E-state index contributed by atoms with van der Waals surface area (Å²) in [5, 5.41) is 6.32. The van der Waals surface area contributed by atoms with Gasteiger partial charge in [-0.1, -0.05) is 13.8 Å². The Bertz CT molecular complexity index is 619. The number of rotatable bonds is 6. The summed E-state index contributed by atoms with van der Waals surface area (Å²) < 4.78 is 5.11. The molecule has 118 valence electrons. The van der Waals surface area contributed by atoms with Gasteiger partial charge < -0.3 is 15.8 Å². The van der Waals surface area contributed by atoms with Gasteiger partial charge in [-0.05, 0) is 24.3 Å². The number of thiazole rings is 1. The number of aromatic nitrogens is 1. The van der Waals surface area contributed by atoms with E-state index in [1.165, 1.54) is 5.01 Å². The zero-order chi connectivity index (χ0) is 15.9. The average molecular weight is 318 g/mol. The minimum atomic E-state index is 0.407. The molecule has 2 aromatic rings. The maximum atomic E-state index is 5.88. The van der Waals surface area contributed by atoms with Gasteiger partial charge in [0.05, 0.1) is 17.8 Å². The number of benzene rings is 1. The van der Waals surface area contributed by atoms with Gasteiger partial charge in [0.25, 0.3) is 0 Å². The highest BCUT2D eigenvalue weighted by Crippen LogP contribution is 2.19. The molecular formula is C16H22N4OS. The van der Waals surface area contributed by atoms with Crippen molar-refractivity contribution in [3.63, 3.8) is 0 Å². The van der Waals surface area contributed by atoms with Crippen LogP contribution in [0.15, 0.2) is 34.6 Å². The lowest BCUT2D eigenvalue weighted by atomic mass is 10.2. The van der Waals surface area contributed by atoms with Crippen LogP contribution < -0.4 is 15.8 Å². The zero-order valence-corrected chi connectivity index (χ0v) is 14.0. The molecule has 0 atom stereocenters. The number of nitrogens with zero attached hydrogens (tertiary/aromatic N) is 2. The van der Waals surface area contributed by atoms with E-state index in [1.54, 1.807) is 18.4 Å². The molecule has 5 nitrogen and oxygen atoms in total. The number of guanidine groups is 1. The molecule has 22 heavy (non-hydrogen) atoms. The molecular weight excluding hydrogens is 296 g/mol. The largest absolute Gasteiger partial charge is 0.497 e. The van der Waals surface area contributed by atoms with E-state index in [4.69, 9.17) is 10.5 Å². The smallest absolute Gasteiger partial charge is 0.193 e. The van der Waals surface area contributed by atoms with E-state index in [1.807, 2.05) is 24.3 Å². The molecule has 1 heterocycles. The van der Waals surface area contributed by atoms with Crippen molar-refractivity contribution in [2.75, 3.05) is 19.0 Å². The molecule has 0 saturated heterocycles. The van der Waals surface area contributed by atoms with Crippen molar-refractivity contribution in [2.24, 2.45) is 10.7 Å². The maximum Gasteiger partial charge on any atom is 0.193 e. The van der Waals surface area contributed by atoms with E-state index in [2.05, 4.69) is 34.5 Å². The Morgan fingerprint density at radius 1 is 1.36 bits per heavy atom. The van der Waals surface area contributed by atoms with Crippen LogP contribution in [0.5, 0.6) is 5.75 Å². The fourth-order valence-electron chi connectivity index (χ4n) is 1.86. The Morgan fingerprint density at radius 2 is 2.09 bits per heavy atom. The van der Waals surface area contributed by atoms with Gasteiger partial charge in [0.2, 0.25) is 0 Å². The number of hydrogen-bond donors (Lipinski definition) is 2. The summed E-state index contributed by atoms with van der Waals surface area (Å²) in [4.78, 5) is 8.91. The molecule has 6 heteroatoms. The normalized spacial score (nSPS) is 11.7. The number of hydrogen-bond acceptors (Lipinski definition) is 4. The number of anilines is 1. The van der Waals surface area contributed by atoms with Crippen LogP contribution in [0.25, 0.3) is 0 Å². The third-order valence-corrected chi connectivity index (χ3v) is 4.27. The third-order valence-electron chi connectivity index (χ3n) is 3.08. The first-order valence-electron chi connectivity index (χ1n) is 7.23. The SMILES string of the molecule is COc1ccc(NC(N)=NCCc2csc(C(C)C)n2)cc1. The molecule has 0 bridgehead atoms. The summed E-state index contributed by atoms with van der Waals surface area (Å²) in [5.74, 6) is 1.69. The molecule has 0 spiro atoms. The molecule has 0 fully saturated rings. The number of methoxy groups -OCH3 is 1. The Morgan fingerprint density at radius 3 is 2.68 bits per heavy atom. The topological polar surface area (TPSA) is 72.5 Å². The fraction of sp³-hybridized carbons (Fsp3) is 0.375. The van der Waals surface area contributed by atoms with E-state index >= 15 is 0 Å². The van der Waals surface area contributed by atoms with Gasteiger partial charge in [0.15, 0.2) is 5.96 Å². The molecule has 3 N–H and O–H groups in total. The van der Waals surface area contributed by atoms with Gasteiger partial charge in [-0.3, -0.25) is 4.99 Å². The molecule has 0 aliphatic heterocycles. The third kappa shape index (κ3) is 4.73. The van der Waals surface area contributed by atoms with Crippen molar-refractivity contribution in [3.05, 3.63) is 40.3 Å². The van der Waals surface area contributed by atoms with Gasteiger partial charge in [0.1, 0.15) is 5.75 Å². The maximum absolute atomic E-state index is 5.88. The van der Waals surface area contributed by atoms with Crippen molar-refractivity contribution in [1.29, 1.82) is 0 Å². The quantitative estimate of drug-likeness (QED) is 0.633. The summed E-state index contributed by atoms with van der Waals surface area (Å²) in [5.41, 5.74) is 7.85. The molecule has 2 rings (SSSR count). The fourth-order valence-corrected chi connectivity index (χ4v) is 2.72. The molecule has 0 unspecified atom stereocenters. The lowest BCUT2D eigenvalue weighted by Crippen LogP contribution is -2.23. The number of nitrogens with two attached hydrogens (primary N) is 1. The van der Waals surface area contributed by atoms with E-state index < -0.39 is 0 Å². The Hall–Kier alpha value is -2.08. The van der Waals surface area contributed by atoms with Crippen molar-refractivity contribution >= 4 is 23.0 Å². The summed E-state index contributed by atoms with van der Waals surface area (Å²) in [6.45, 7) is 4.92. The Balaban J connectivity index is 1.83. The van der Waals surface area contributed by atoms with Crippen molar-refractivity contribution < 1.29 is 4.74 Å². The van der Waals surface area contributed by atoms with Crippen molar-refractivity contribution in [3.8, 4) is 5.75 Å². The van der Waals surface area contributed by atoms with Crippen LogP contribution in [0.1, 0.15) is 30.5 Å². The first kappa shape index (κ1) is 16.3. The van der Waals surface area contributed by atoms with Gasteiger partial charge in [0, 0.05) is 30.0 Å². The average Bonchev–Trinajstić information content (AvgIpc) is 2.97. The van der Waals surface area contributed by atoms with E-state index in [0.29, 0.717) is 18.4 Å². The predicted octanol–water partition coefficient (Wildman–Crippen LogP) is 3.24. The number of aliphatic imine (C=N–C) groups is 1. The van der Waals surface area contributed by atoms with Crippen LogP contribution in [0, 0.1) is 0 Å². The highest BCUT2D eigenvalue weighted by Gasteiger charge is 2.05. The first-order chi connectivity index (χ1) is 10.6. The van der Waals surface area contributed by atoms with Gasteiger partial charge in [-0.15, -0.1) is 11.3 Å². The number of nitrogens with one attached hydrogen (secondary N) is 1. The van der Waals surface area contributed by atoms with E-state index in [-0.39, 0.29) is 0 Å². The molecule has 0 radical (unpaired) electrons. The summed E-state index contributed by atoms with van der Waals surface area (Å²) >= 11 is 1.70. The highest BCUT2D eigenvalue weighted by molar-refractivity contribution is 7.09. The second-order valence-electron chi connectivity index (χ2n) is 5.20. The second kappa shape index (κ2) is 7.79. The highest BCUT2D eigenvalue weighted by atomic mass is 32.1. The van der Waals surface area contributed by atoms with Crippen LogP contribution in [0.2, 0.25) is 0 Å². The predicted molar refractivity (Wildman–Crippen MR) is 93.0 cm³/mol. The Labute approximate surface area is 135 Å². The lowest BCUT2D eigenvalue weighted by molar-refractivity contribution is 0.415. The Kier molecular flexibility index (Phi) is 5.77. The van der Waals surface area contributed by atoms with Crippen molar-refractivity contribution in [2.45, 2.75) is 26.2 Å². The van der Waals surface area contributed by atoms with Crippen LogP contribution in [-0.2, 0) is 6.42 Å². The zero-order valence-electron chi connectivity index (χ0n) is 13.2. The summed E-state index contributed by atoms with van der Waals surface area (Å²) in [6.07, 6.45) is 0.800. The van der Waals surface area contributed by atoms with Crippen LogP contribution in [0.4, 0.5) is 5.69 Å². The molecule has 0 aliphatic rings. The van der Waals surface area contributed by atoms with Crippen LogP contribution in [0.3, 0.4) is 0 Å². The van der Waals surface area contributed by atoms with Gasteiger partial charge in [-0.25, -0.2) is 4.98 Å². The minimum Gasteiger partial charge on any atom is -0.497 e. The first-order valence-corrected chi connectivity index (χ1v) is 8.11. The minimum absolute atomic E-state index is 0.407. The molecule has 1 aromatic heterocycles. The van der Waals surface area contributed by atoms with E-state index in [9.17, 15) is 0 Å². The number of ether oxygens (including phenoxy) is 1. The summed E-state index contributed by atoms with van der Waals surface area (Å²) in [7, 11) is 1.64. The molecule has 0 amide bonds. The van der Waals surface area contributed by atoms with Crippen molar-refractivity contribution in [1.82, 2.24) is 4.98 Å². The monoisotopic (exact) mass is 318 g/mol. The molecule has 0 saturated carbocycles. The summed E-state index contributed by atoms with van der Waals surface area (Å²) in [6, 6.07) is 7.55. The standard InChI is InChI=1S/C16H22N4OS/c1-11(2)15-19-13(10-22-15)8-9-18-16(17)20-12-4-6-14(21-3)7-5-12/h4-7,10-11H,8-9H2,1-3H3,(H3,17,18,20). The molecule has 1 aromatic carbocycles.